The van der Waals surface area contributed by atoms with Crippen LogP contribution in [-0.4, -0.2) is 66.8 Å². The number of fused-ring (bicyclic) bond motifs is 1. The molecule has 2 aliphatic rings. The second-order valence-corrected chi connectivity index (χ2v) is 11.1. The van der Waals surface area contributed by atoms with Gasteiger partial charge in [-0.25, -0.2) is 29.0 Å². The predicted octanol–water partition coefficient (Wildman–Crippen LogP) is 5.72. The van der Waals surface area contributed by atoms with Gasteiger partial charge in [-0.3, -0.25) is 4.79 Å². The molecule has 46 heavy (non-hydrogen) atoms. The molecule has 0 spiro atoms. The van der Waals surface area contributed by atoms with E-state index in [1.54, 1.807) is 65.6 Å². The van der Waals surface area contributed by atoms with Crippen molar-refractivity contribution in [1.82, 2.24) is 34.6 Å². The van der Waals surface area contributed by atoms with E-state index in [4.69, 9.17) is 14.2 Å². The van der Waals surface area contributed by atoms with Crippen LogP contribution in [0.15, 0.2) is 74.0 Å². The topological polar surface area (TPSA) is 129 Å². The Labute approximate surface area is 263 Å². The van der Waals surface area contributed by atoms with Crippen molar-refractivity contribution in [3.05, 3.63) is 85.6 Å². The molecule has 1 saturated heterocycles. The van der Waals surface area contributed by atoms with Crippen LogP contribution >= 0.6 is 0 Å². The molecular formula is C33H31FN8O4. The van der Waals surface area contributed by atoms with Gasteiger partial charge in [0.1, 0.15) is 41.3 Å². The summed E-state index contributed by atoms with van der Waals surface area (Å²) in [4.78, 5) is 31.3. The summed E-state index contributed by atoms with van der Waals surface area (Å²) in [5.74, 6) is 2.69. The Morgan fingerprint density at radius 3 is 2.54 bits per heavy atom. The summed E-state index contributed by atoms with van der Waals surface area (Å²) in [6.45, 7) is 4.71. The standard InChI is InChI=1S/C33H31FN8O4/c1-3-31(43)41-11-8-22(9-12-41)45-29-15-24-27(16-28(29)44-2)37-19-38-33(24)39-26-7-6-23(14-25(26)34)46-30-10-13-42(40-30)21-17-35-32(36-18-21)20-4-5-20/h3,6-7,10,13-20,22H,1,4-5,8-9,11-12H2,2H3,(H,37,38,39). The lowest BCUT2D eigenvalue weighted by atomic mass is 10.1. The first-order chi connectivity index (χ1) is 22.5. The van der Waals surface area contributed by atoms with E-state index in [0.717, 1.165) is 18.7 Å². The molecule has 2 fully saturated rings. The first kappa shape index (κ1) is 29.1. The highest BCUT2D eigenvalue weighted by Gasteiger charge is 2.26. The van der Waals surface area contributed by atoms with Gasteiger partial charge in [-0.05, 0) is 37.1 Å². The number of carbonyl (C=O) groups is 1. The molecule has 5 aromatic rings. The first-order valence-corrected chi connectivity index (χ1v) is 15.0. The molecular weight excluding hydrogens is 591 g/mol. The fourth-order valence-corrected chi connectivity index (χ4v) is 5.33. The SMILES string of the molecule is C=CC(=O)N1CCC(Oc2cc3c(Nc4ccc(Oc5ccn(-c6cnc(C7CC7)nc6)n5)cc4F)ncnc3cc2OC)CC1. The number of aromatic nitrogens is 6. The summed E-state index contributed by atoms with van der Waals surface area (Å²) in [6.07, 6.45) is 11.4. The van der Waals surface area contributed by atoms with E-state index in [9.17, 15) is 4.79 Å². The Bertz CT molecular complexity index is 1900. The van der Waals surface area contributed by atoms with Crippen molar-refractivity contribution in [3.63, 3.8) is 0 Å². The molecule has 3 aromatic heterocycles. The average Bonchev–Trinajstić information content (AvgIpc) is 3.84. The van der Waals surface area contributed by atoms with E-state index in [1.165, 1.54) is 18.5 Å². The molecule has 1 saturated carbocycles. The third-order valence-electron chi connectivity index (χ3n) is 7.99. The first-order valence-electron chi connectivity index (χ1n) is 15.0. The molecule has 13 heteroatoms. The van der Waals surface area contributed by atoms with Gasteiger partial charge in [-0.1, -0.05) is 6.58 Å². The van der Waals surface area contributed by atoms with Gasteiger partial charge >= 0.3 is 0 Å². The predicted molar refractivity (Wildman–Crippen MR) is 167 cm³/mol. The highest BCUT2D eigenvalue weighted by molar-refractivity contribution is 5.93. The Hall–Kier alpha value is -5.59. The number of piperidine rings is 1. The smallest absolute Gasteiger partial charge is 0.245 e. The summed E-state index contributed by atoms with van der Waals surface area (Å²) in [6, 6.07) is 9.72. The van der Waals surface area contributed by atoms with E-state index >= 15 is 4.39 Å². The quantitative estimate of drug-likeness (QED) is 0.193. The summed E-state index contributed by atoms with van der Waals surface area (Å²) in [5, 5.41) is 8.11. The number of methoxy groups -OCH3 is 1. The average molecular weight is 623 g/mol. The third kappa shape index (κ3) is 6.16. The van der Waals surface area contributed by atoms with Crippen LogP contribution in [0.5, 0.6) is 23.1 Å². The zero-order valence-corrected chi connectivity index (χ0v) is 25.1. The summed E-state index contributed by atoms with van der Waals surface area (Å²) in [7, 11) is 1.56. The zero-order chi connectivity index (χ0) is 31.6. The number of halogens is 1. The summed E-state index contributed by atoms with van der Waals surface area (Å²) in [5.41, 5.74) is 1.50. The third-order valence-corrected chi connectivity index (χ3v) is 7.99. The van der Waals surface area contributed by atoms with Gasteiger partial charge in [0.15, 0.2) is 11.5 Å². The summed E-state index contributed by atoms with van der Waals surface area (Å²) < 4.78 is 34.7. The van der Waals surface area contributed by atoms with Crippen molar-refractivity contribution in [2.45, 2.75) is 37.7 Å². The molecule has 0 bridgehead atoms. The van der Waals surface area contributed by atoms with Crippen molar-refractivity contribution in [2.75, 3.05) is 25.5 Å². The van der Waals surface area contributed by atoms with Gasteiger partial charge in [0.25, 0.3) is 0 Å². The fourth-order valence-electron chi connectivity index (χ4n) is 5.33. The number of amides is 1. The van der Waals surface area contributed by atoms with Crippen LogP contribution in [0.4, 0.5) is 15.9 Å². The van der Waals surface area contributed by atoms with Gasteiger partial charge in [-0.15, -0.1) is 5.10 Å². The van der Waals surface area contributed by atoms with Crippen molar-refractivity contribution in [2.24, 2.45) is 0 Å². The molecule has 12 nitrogen and oxygen atoms in total. The molecule has 1 amide bonds. The number of benzene rings is 2. The van der Waals surface area contributed by atoms with Crippen LogP contribution in [0.2, 0.25) is 0 Å². The Morgan fingerprint density at radius 2 is 1.83 bits per heavy atom. The second kappa shape index (κ2) is 12.4. The number of nitrogens with zero attached hydrogens (tertiary/aromatic N) is 7. The van der Waals surface area contributed by atoms with Crippen LogP contribution in [0, 0.1) is 5.82 Å². The molecule has 1 N–H and O–H groups in total. The number of hydrogen-bond acceptors (Lipinski definition) is 10. The molecule has 234 valence electrons. The Balaban J connectivity index is 1.05. The normalized spacial score (nSPS) is 15.0. The van der Waals surface area contributed by atoms with Gasteiger partial charge < -0.3 is 24.4 Å². The zero-order valence-electron chi connectivity index (χ0n) is 25.1. The van der Waals surface area contributed by atoms with Crippen molar-refractivity contribution >= 4 is 28.3 Å². The molecule has 0 atom stereocenters. The van der Waals surface area contributed by atoms with Crippen LogP contribution < -0.4 is 19.5 Å². The number of likely N-dealkylation sites (tertiary alicyclic amines) is 1. The van der Waals surface area contributed by atoms with Gasteiger partial charge in [0.2, 0.25) is 11.8 Å². The summed E-state index contributed by atoms with van der Waals surface area (Å²) >= 11 is 0. The van der Waals surface area contributed by atoms with E-state index < -0.39 is 5.82 Å². The lowest BCUT2D eigenvalue weighted by Gasteiger charge is -2.31. The maximum Gasteiger partial charge on any atom is 0.245 e. The molecule has 1 aliphatic carbocycles. The van der Waals surface area contributed by atoms with Crippen LogP contribution in [0.1, 0.15) is 37.4 Å². The van der Waals surface area contributed by atoms with E-state index in [2.05, 4.69) is 36.9 Å². The second-order valence-electron chi connectivity index (χ2n) is 11.1. The Morgan fingerprint density at radius 1 is 1.02 bits per heavy atom. The minimum Gasteiger partial charge on any atom is -0.493 e. The number of nitrogens with one attached hydrogen (secondary N) is 1. The van der Waals surface area contributed by atoms with Gasteiger partial charge in [-0.2, -0.15) is 0 Å². The van der Waals surface area contributed by atoms with Crippen LogP contribution in [-0.2, 0) is 4.79 Å². The number of hydrogen-bond donors (Lipinski definition) is 1. The number of carbonyl (C=O) groups excluding carboxylic acids is 1. The molecule has 2 aromatic carbocycles. The van der Waals surface area contributed by atoms with Crippen molar-refractivity contribution in [1.29, 1.82) is 0 Å². The molecule has 1 aliphatic heterocycles. The van der Waals surface area contributed by atoms with Crippen molar-refractivity contribution in [3.8, 4) is 28.8 Å². The molecule has 4 heterocycles. The van der Waals surface area contributed by atoms with E-state index in [1.807, 2.05) is 0 Å². The van der Waals surface area contributed by atoms with Crippen LogP contribution in [0.3, 0.4) is 0 Å². The Kier molecular flexibility index (Phi) is 7.87. The van der Waals surface area contributed by atoms with Crippen molar-refractivity contribution < 1.29 is 23.4 Å². The van der Waals surface area contributed by atoms with Gasteiger partial charge in [0.05, 0.1) is 30.7 Å². The largest absolute Gasteiger partial charge is 0.493 e. The maximum absolute atomic E-state index is 15.3. The molecule has 0 unspecified atom stereocenters. The maximum atomic E-state index is 15.3. The molecule has 7 rings (SSSR count). The lowest BCUT2D eigenvalue weighted by molar-refractivity contribution is -0.127. The lowest BCUT2D eigenvalue weighted by Crippen LogP contribution is -2.41. The highest BCUT2D eigenvalue weighted by atomic mass is 19.1. The fraction of sp³-hybridized carbons (Fsp3) is 0.273. The number of ether oxygens (including phenoxy) is 3. The number of rotatable bonds is 10. The van der Waals surface area contributed by atoms with E-state index in [-0.39, 0.29) is 23.4 Å². The minimum absolute atomic E-state index is 0.0855. The van der Waals surface area contributed by atoms with Gasteiger partial charge in [0, 0.05) is 61.6 Å². The van der Waals surface area contributed by atoms with E-state index in [0.29, 0.717) is 71.6 Å². The minimum atomic E-state index is -0.543. The highest BCUT2D eigenvalue weighted by Crippen LogP contribution is 2.38. The monoisotopic (exact) mass is 622 g/mol. The molecule has 0 radical (unpaired) electrons. The number of anilines is 2. The van der Waals surface area contributed by atoms with Crippen LogP contribution in [0.25, 0.3) is 16.6 Å².